The monoisotopic (exact) mass is 244 g/mol. The topological polar surface area (TPSA) is 57.2 Å². The highest BCUT2D eigenvalue weighted by Crippen LogP contribution is 2.36. The fraction of sp³-hybridized carbons (Fsp3) is 0.357. The molecule has 0 saturated carbocycles. The minimum absolute atomic E-state index is 0.0585. The largest absolute Gasteiger partial charge is 0.497 e. The molecule has 2 aromatic rings. The lowest BCUT2D eigenvalue weighted by Crippen LogP contribution is -2.23. The number of aryl methyl sites for hydroxylation is 1. The summed E-state index contributed by atoms with van der Waals surface area (Å²) in [7, 11) is 3.70. The summed E-state index contributed by atoms with van der Waals surface area (Å²) in [6.45, 7) is 0. The number of hydrogen-bond acceptors (Lipinski definition) is 2. The lowest BCUT2D eigenvalue weighted by Gasteiger charge is -2.07. The van der Waals surface area contributed by atoms with Crippen molar-refractivity contribution in [1.29, 1.82) is 0 Å². The number of methoxy groups -OCH3 is 1. The van der Waals surface area contributed by atoms with Gasteiger partial charge in [0.2, 0.25) is 5.91 Å². The van der Waals surface area contributed by atoms with E-state index in [2.05, 4.69) is 10.6 Å². The maximum atomic E-state index is 11.3. The Morgan fingerprint density at radius 3 is 2.89 bits per heavy atom. The van der Waals surface area contributed by atoms with Crippen molar-refractivity contribution in [3.05, 3.63) is 29.5 Å². The molecule has 0 saturated heterocycles. The number of nitrogens with two attached hydrogens (primary N) is 1. The molecule has 1 aliphatic rings. The zero-order valence-electron chi connectivity index (χ0n) is 10.6. The first-order chi connectivity index (χ1) is 8.61. The van der Waals surface area contributed by atoms with E-state index in [1.165, 1.54) is 22.2 Å². The van der Waals surface area contributed by atoms with Gasteiger partial charge in [-0.2, -0.15) is 0 Å². The average molecular weight is 244 g/mol. The first kappa shape index (κ1) is 11.1. The number of rotatable bonds is 2. The van der Waals surface area contributed by atoms with Gasteiger partial charge in [-0.25, -0.2) is 0 Å². The maximum absolute atomic E-state index is 11.3. The van der Waals surface area contributed by atoms with E-state index in [0.29, 0.717) is 0 Å². The van der Waals surface area contributed by atoms with Gasteiger partial charge in [-0.1, -0.05) is 0 Å². The number of amides is 1. The predicted octanol–water partition coefficient (Wildman–Crippen LogP) is 1.39. The van der Waals surface area contributed by atoms with Crippen LogP contribution >= 0.6 is 0 Å². The van der Waals surface area contributed by atoms with Crippen molar-refractivity contribution >= 4 is 16.8 Å². The molecule has 0 radical (unpaired) electrons. The van der Waals surface area contributed by atoms with E-state index in [1.807, 2.05) is 19.2 Å². The van der Waals surface area contributed by atoms with E-state index < -0.39 is 0 Å². The Bertz CT molecular complexity index is 643. The number of nitrogens with zero attached hydrogens (tertiary/aromatic N) is 1. The highest BCUT2D eigenvalue weighted by Gasteiger charge is 2.30. The molecule has 4 nitrogen and oxygen atoms in total. The van der Waals surface area contributed by atoms with E-state index in [-0.39, 0.29) is 11.8 Å². The van der Waals surface area contributed by atoms with Crippen molar-refractivity contribution in [2.24, 2.45) is 18.7 Å². The Balaban J connectivity index is 2.18. The zero-order valence-corrected chi connectivity index (χ0v) is 10.6. The Morgan fingerprint density at radius 1 is 1.44 bits per heavy atom. The zero-order chi connectivity index (χ0) is 12.9. The molecule has 0 bridgehead atoms. The van der Waals surface area contributed by atoms with Crippen LogP contribution in [0.25, 0.3) is 10.9 Å². The van der Waals surface area contributed by atoms with E-state index in [1.54, 1.807) is 7.11 Å². The van der Waals surface area contributed by atoms with Crippen molar-refractivity contribution < 1.29 is 9.53 Å². The molecule has 0 spiro atoms. The predicted molar refractivity (Wildman–Crippen MR) is 69.6 cm³/mol. The molecular formula is C14H16N2O2. The summed E-state index contributed by atoms with van der Waals surface area (Å²) < 4.78 is 7.42. The molecule has 1 aliphatic carbocycles. The van der Waals surface area contributed by atoms with Gasteiger partial charge in [0.25, 0.3) is 0 Å². The molecule has 1 amide bonds. The van der Waals surface area contributed by atoms with Crippen LogP contribution in [-0.2, 0) is 24.7 Å². The molecule has 0 fully saturated rings. The molecule has 1 aromatic carbocycles. The normalized spacial score (nSPS) is 18.0. The number of carbonyl (C=O) groups excluding carboxylic acids is 1. The third kappa shape index (κ3) is 1.41. The van der Waals surface area contributed by atoms with Crippen LogP contribution in [0.3, 0.4) is 0 Å². The number of benzene rings is 1. The molecule has 1 heterocycles. The van der Waals surface area contributed by atoms with Crippen LogP contribution in [0.1, 0.15) is 11.3 Å². The summed E-state index contributed by atoms with van der Waals surface area (Å²) in [6.07, 6.45) is 1.49. The molecule has 1 aromatic heterocycles. The first-order valence-electron chi connectivity index (χ1n) is 6.05. The van der Waals surface area contributed by atoms with Crippen molar-refractivity contribution in [3.8, 4) is 5.75 Å². The summed E-state index contributed by atoms with van der Waals surface area (Å²) in [5, 5.41) is 1.18. The van der Waals surface area contributed by atoms with Crippen molar-refractivity contribution in [2.75, 3.05) is 7.11 Å². The third-order valence-electron chi connectivity index (χ3n) is 3.94. The standard InChI is InChI=1S/C14H16N2O2/c1-16-12-4-3-9(18-2)7-11(12)10-5-8(14(15)17)6-13(10)16/h3-4,7-8H,5-6H2,1-2H3,(H2,15,17). The number of aromatic nitrogens is 1. The summed E-state index contributed by atoms with van der Waals surface area (Å²) in [6, 6.07) is 6.06. The van der Waals surface area contributed by atoms with Gasteiger partial charge >= 0.3 is 0 Å². The Morgan fingerprint density at radius 2 is 2.22 bits per heavy atom. The SMILES string of the molecule is COc1ccc2c(c1)c1c(n2C)CC(C(N)=O)C1. The molecule has 1 atom stereocenters. The van der Waals surface area contributed by atoms with Gasteiger partial charge < -0.3 is 15.0 Å². The highest BCUT2D eigenvalue weighted by molar-refractivity contribution is 5.89. The molecule has 4 heteroatoms. The van der Waals surface area contributed by atoms with E-state index in [0.717, 1.165) is 18.6 Å². The summed E-state index contributed by atoms with van der Waals surface area (Å²) in [5.41, 5.74) is 9.07. The van der Waals surface area contributed by atoms with Crippen molar-refractivity contribution in [1.82, 2.24) is 4.57 Å². The maximum Gasteiger partial charge on any atom is 0.221 e. The molecule has 0 aliphatic heterocycles. The van der Waals surface area contributed by atoms with Crippen LogP contribution < -0.4 is 10.5 Å². The Kier molecular flexibility index (Phi) is 2.33. The van der Waals surface area contributed by atoms with Crippen LogP contribution in [0.2, 0.25) is 0 Å². The van der Waals surface area contributed by atoms with Gasteiger partial charge in [0.1, 0.15) is 5.75 Å². The van der Waals surface area contributed by atoms with Gasteiger partial charge in [0.05, 0.1) is 7.11 Å². The Labute approximate surface area is 105 Å². The number of primary amides is 1. The number of carbonyl (C=O) groups is 1. The van der Waals surface area contributed by atoms with E-state index in [9.17, 15) is 4.79 Å². The van der Waals surface area contributed by atoms with Gasteiger partial charge in [-0.15, -0.1) is 0 Å². The highest BCUT2D eigenvalue weighted by atomic mass is 16.5. The summed E-state index contributed by atoms with van der Waals surface area (Å²) >= 11 is 0. The summed E-state index contributed by atoms with van der Waals surface area (Å²) in [5.74, 6) is 0.581. The second kappa shape index (κ2) is 3.77. The second-order valence-corrected chi connectivity index (χ2v) is 4.87. The fourth-order valence-corrected chi connectivity index (χ4v) is 2.92. The molecule has 3 rings (SSSR count). The van der Waals surface area contributed by atoms with Crippen LogP contribution in [0, 0.1) is 5.92 Å². The average Bonchev–Trinajstić information content (AvgIpc) is 2.90. The minimum atomic E-state index is -0.206. The number of ether oxygens (including phenoxy) is 1. The quantitative estimate of drug-likeness (QED) is 0.867. The molecular weight excluding hydrogens is 228 g/mol. The first-order valence-corrected chi connectivity index (χ1v) is 6.05. The molecule has 2 N–H and O–H groups in total. The molecule has 1 unspecified atom stereocenters. The van der Waals surface area contributed by atoms with Crippen LogP contribution in [0.4, 0.5) is 0 Å². The van der Waals surface area contributed by atoms with Crippen molar-refractivity contribution in [3.63, 3.8) is 0 Å². The van der Waals surface area contributed by atoms with Gasteiger partial charge in [0.15, 0.2) is 0 Å². The van der Waals surface area contributed by atoms with Gasteiger partial charge in [0, 0.05) is 29.6 Å². The second-order valence-electron chi connectivity index (χ2n) is 4.87. The minimum Gasteiger partial charge on any atom is -0.497 e. The van der Waals surface area contributed by atoms with Crippen LogP contribution in [-0.4, -0.2) is 17.6 Å². The van der Waals surface area contributed by atoms with E-state index in [4.69, 9.17) is 10.5 Å². The fourth-order valence-electron chi connectivity index (χ4n) is 2.92. The Hall–Kier alpha value is -1.97. The third-order valence-corrected chi connectivity index (χ3v) is 3.94. The van der Waals surface area contributed by atoms with Crippen LogP contribution in [0.5, 0.6) is 5.75 Å². The van der Waals surface area contributed by atoms with Crippen molar-refractivity contribution in [2.45, 2.75) is 12.8 Å². The lowest BCUT2D eigenvalue weighted by atomic mass is 10.0. The smallest absolute Gasteiger partial charge is 0.221 e. The number of fused-ring (bicyclic) bond motifs is 3. The van der Waals surface area contributed by atoms with Crippen LogP contribution in [0.15, 0.2) is 18.2 Å². The van der Waals surface area contributed by atoms with Gasteiger partial charge in [-0.05, 0) is 36.6 Å². The summed E-state index contributed by atoms with van der Waals surface area (Å²) in [4.78, 5) is 11.3. The van der Waals surface area contributed by atoms with Gasteiger partial charge in [-0.3, -0.25) is 4.79 Å². The lowest BCUT2D eigenvalue weighted by molar-refractivity contribution is -0.121. The number of hydrogen-bond donors (Lipinski definition) is 1. The van der Waals surface area contributed by atoms with E-state index >= 15 is 0 Å². The molecule has 18 heavy (non-hydrogen) atoms. The molecule has 94 valence electrons.